The quantitative estimate of drug-likeness (QED) is 0.791. The van der Waals surface area contributed by atoms with Crippen molar-refractivity contribution in [2.24, 2.45) is 0 Å². The zero-order valence-electron chi connectivity index (χ0n) is 10.3. The van der Waals surface area contributed by atoms with Gasteiger partial charge < -0.3 is 9.47 Å². The van der Waals surface area contributed by atoms with E-state index < -0.39 is 5.95 Å². The van der Waals surface area contributed by atoms with Crippen molar-refractivity contribution in [1.29, 1.82) is 5.26 Å². The van der Waals surface area contributed by atoms with E-state index in [1.165, 1.54) is 19.4 Å². The molecule has 96 valence electrons. The van der Waals surface area contributed by atoms with Gasteiger partial charge in [0.05, 0.1) is 12.7 Å². The van der Waals surface area contributed by atoms with E-state index in [9.17, 15) is 4.39 Å². The number of nitrogens with zero attached hydrogens (tertiary/aromatic N) is 2. The van der Waals surface area contributed by atoms with Gasteiger partial charge >= 0.3 is 0 Å². The molecular formula is C14H11FN2O2. The summed E-state index contributed by atoms with van der Waals surface area (Å²) in [5, 5.41) is 8.96. The van der Waals surface area contributed by atoms with E-state index in [4.69, 9.17) is 14.7 Å². The fourth-order valence-electron chi connectivity index (χ4n) is 1.57. The fourth-order valence-corrected chi connectivity index (χ4v) is 1.57. The van der Waals surface area contributed by atoms with Crippen LogP contribution in [0.3, 0.4) is 0 Å². The van der Waals surface area contributed by atoms with Crippen molar-refractivity contribution in [2.75, 3.05) is 7.11 Å². The first kappa shape index (κ1) is 12.8. The zero-order chi connectivity index (χ0) is 13.7. The molecule has 0 aliphatic carbocycles. The maximum atomic E-state index is 13.2. The Hall–Kier alpha value is -2.61. The number of methoxy groups -OCH3 is 1. The number of aromatic nitrogens is 1. The van der Waals surface area contributed by atoms with Crippen LogP contribution in [0.5, 0.6) is 11.5 Å². The van der Waals surface area contributed by atoms with Crippen molar-refractivity contribution >= 4 is 0 Å². The summed E-state index contributed by atoms with van der Waals surface area (Å²) < 4.78 is 23.6. The average Bonchev–Trinajstić information content (AvgIpc) is 2.46. The maximum absolute atomic E-state index is 13.2. The monoisotopic (exact) mass is 258 g/mol. The molecule has 1 aromatic carbocycles. The molecule has 0 aliphatic heterocycles. The topological polar surface area (TPSA) is 55.1 Å². The summed E-state index contributed by atoms with van der Waals surface area (Å²) in [5.74, 6) is -0.0767. The van der Waals surface area contributed by atoms with Gasteiger partial charge in [0.25, 0.3) is 5.95 Å². The number of nitriles is 1. The first-order valence-electron chi connectivity index (χ1n) is 5.55. The Labute approximate surface area is 110 Å². The molecule has 1 aromatic heterocycles. The van der Waals surface area contributed by atoms with E-state index >= 15 is 0 Å². The summed E-state index contributed by atoms with van der Waals surface area (Å²) in [6, 6.07) is 10.2. The summed E-state index contributed by atoms with van der Waals surface area (Å²) in [7, 11) is 1.50. The Morgan fingerprint density at radius 2 is 2.16 bits per heavy atom. The average molecular weight is 258 g/mol. The van der Waals surface area contributed by atoms with Gasteiger partial charge in [0.15, 0.2) is 5.75 Å². The Balaban J connectivity index is 2.13. The third-order valence-corrected chi connectivity index (χ3v) is 2.50. The summed E-state index contributed by atoms with van der Waals surface area (Å²) in [6.45, 7) is 0.154. The molecule has 0 spiro atoms. The van der Waals surface area contributed by atoms with Crippen molar-refractivity contribution < 1.29 is 13.9 Å². The lowest BCUT2D eigenvalue weighted by Crippen LogP contribution is -1.99. The van der Waals surface area contributed by atoms with Gasteiger partial charge in [-0.1, -0.05) is 6.07 Å². The van der Waals surface area contributed by atoms with Gasteiger partial charge in [-0.15, -0.1) is 0 Å². The maximum Gasteiger partial charge on any atom is 0.255 e. The molecule has 0 saturated heterocycles. The van der Waals surface area contributed by atoms with Crippen molar-refractivity contribution in [2.45, 2.75) is 6.61 Å². The number of benzene rings is 1. The molecule has 2 aromatic rings. The second-order valence-corrected chi connectivity index (χ2v) is 3.73. The van der Waals surface area contributed by atoms with Crippen LogP contribution in [-0.4, -0.2) is 12.1 Å². The SMILES string of the molecule is COc1ccc(COc2cccnc2F)cc1C#N. The molecule has 0 amide bonds. The van der Waals surface area contributed by atoms with Crippen LogP contribution in [0.4, 0.5) is 4.39 Å². The molecule has 0 fully saturated rings. The lowest BCUT2D eigenvalue weighted by molar-refractivity contribution is 0.285. The van der Waals surface area contributed by atoms with Gasteiger partial charge in [-0.2, -0.15) is 9.65 Å². The van der Waals surface area contributed by atoms with E-state index in [0.717, 1.165) is 5.56 Å². The molecule has 1 heterocycles. The number of rotatable bonds is 4. The highest BCUT2D eigenvalue weighted by Crippen LogP contribution is 2.20. The lowest BCUT2D eigenvalue weighted by atomic mass is 10.1. The summed E-state index contributed by atoms with van der Waals surface area (Å²) in [5.41, 5.74) is 1.16. The zero-order valence-corrected chi connectivity index (χ0v) is 10.3. The lowest BCUT2D eigenvalue weighted by Gasteiger charge is -2.08. The van der Waals surface area contributed by atoms with Gasteiger partial charge in [-0.3, -0.25) is 0 Å². The Bertz CT molecular complexity index is 623. The van der Waals surface area contributed by atoms with Crippen LogP contribution in [0.15, 0.2) is 36.5 Å². The number of ether oxygens (including phenoxy) is 2. The predicted molar refractivity (Wildman–Crippen MR) is 66.2 cm³/mol. The van der Waals surface area contributed by atoms with Crippen LogP contribution in [-0.2, 0) is 6.61 Å². The normalized spacial score (nSPS) is 9.74. The van der Waals surface area contributed by atoms with E-state index in [1.54, 1.807) is 24.3 Å². The van der Waals surface area contributed by atoms with E-state index in [-0.39, 0.29) is 12.4 Å². The predicted octanol–water partition coefficient (Wildman–Crippen LogP) is 2.68. The highest BCUT2D eigenvalue weighted by Gasteiger charge is 2.06. The van der Waals surface area contributed by atoms with Crippen LogP contribution in [0.25, 0.3) is 0 Å². The molecule has 5 heteroatoms. The summed E-state index contributed by atoms with van der Waals surface area (Å²) in [4.78, 5) is 3.49. The minimum atomic E-state index is -0.656. The smallest absolute Gasteiger partial charge is 0.255 e. The molecule has 2 rings (SSSR count). The Morgan fingerprint density at radius 1 is 1.32 bits per heavy atom. The number of halogens is 1. The molecule has 4 nitrogen and oxygen atoms in total. The third-order valence-electron chi connectivity index (χ3n) is 2.50. The summed E-state index contributed by atoms with van der Waals surface area (Å²) >= 11 is 0. The molecular weight excluding hydrogens is 247 g/mol. The molecule has 0 unspecified atom stereocenters. The van der Waals surface area contributed by atoms with Crippen LogP contribution in [0.2, 0.25) is 0 Å². The van der Waals surface area contributed by atoms with E-state index in [2.05, 4.69) is 4.98 Å². The van der Waals surface area contributed by atoms with Gasteiger partial charge in [0.2, 0.25) is 0 Å². The highest BCUT2D eigenvalue weighted by molar-refractivity contribution is 5.45. The van der Waals surface area contributed by atoms with Crippen LogP contribution in [0, 0.1) is 17.3 Å². The van der Waals surface area contributed by atoms with Gasteiger partial charge in [0, 0.05) is 6.20 Å². The van der Waals surface area contributed by atoms with Crippen LogP contribution >= 0.6 is 0 Å². The number of pyridine rings is 1. The molecule has 19 heavy (non-hydrogen) atoms. The van der Waals surface area contributed by atoms with Crippen molar-refractivity contribution in [3.05, 3.63) is 53.6 Å². The molecule has 0 aliphatic rings. The standard InChI is InChI=1S/C14H11FN2O2/c1-18-12-5-4-10(7-11(12)8-16)9-19-13-3-2-6-17-14(13)15/h2-7H,9H2,1H3. The Morgan fingerprint density at radius 3 is 2.84 bits per heavy atom. The minimum absolute atomic E-state index is 0.0804. The summed E-state index contributed by atoms with van der Waals surface area (Å²) in [6.07, 6.45) is 1.35. The second kappa shape index (κ2) is 5.83. The van der Waals surface area contributed by atoms with Gasteiger partial charge in [-0.05, 0) is 29.8 Å². The first-order valence-corrected chi connectivity index (χ1v) is 5.55. The van der Waals surface area contributed by atoms with Crippen molar-refractivity contribution in [3.8, 4) is 17.6 Å². The fraction of sp³-hybridized carbons (Fsp3) is 0.143. The number of hydrogen-bond acceptors (Lipinski definition) is 4. The third kappa shape index (κ3) is 2.99. The van der Waals surface area contributed by atoms with Crippen molar-refractivity contribution in [1.82, 2.24) is 4.98 Å². The number of hydrogen-bond donors (Lipinski definition) is 0. The molecule has 0 atom stereocenters. The first-order chi connectivity index (χ1) is 9.24. The second-order valence-electron chi connectivity index (χ2n) is 3.73. The molecule has 0 N–H and O–H groups in total. The van der Waals surface area contributed by atoms with Gasteiger partial charge in [0.1, 0.15) is 18.4 Å². The van der Waals surface area contributed by atoms with Gasteiger partial charge in [-0.25, -0.2) is 4.98 Å². The van der Waals surface area contributed by atoms with E-state index in [1.807, 2.05) is 6.07 Å². The molecule has 0 saturated carbocycles. The minimum Gasteiger partial charge on any atom is -0.495 e. The largest absolute Gasteiger partial charge is 0.495 e. The van der Waals surface area contributed by atoms with E-state index in [0.29, 0.717) is 11.3 Å². The van der Waals surface area contributed by atoms with Crippen molar-refractivity contribution in [3.63, 3.8) is 0 Å². The highest BCUT2D eigenvalue weighted by atomic mass is 19.1. The van der Waals surface area contributed by atoms with Crippen LogP contribution < -0.4 is 9.47 Å². The molecule has 0 radical (unpaired) electrons. The Kier molecular flexibility index (Phi) is 3.94. The molecule has 0 bridgehead atoms. The van der Waals surface area contributed by atoms with Crippen LogP contribution in [0.1, 0.15) is 11.1 Å².